The van der Waals surface area contributed by atoms with Crippen LogP contribution in [0.4, 0.5) is 5.69 Å². The molecule has 2 rings (SSSR count). The van der Waals surface area contributed by atoms with Gasteiger partial charge in [0.2, 0.25) is 0 Å². The highest BCUT2D eigenvalue weighted by atomic mass is 16.1. The van der Waals surface area contributed by atoms with Gasteiger partial charge in [0.05, 0.1) is 0 Å². The van der Waals surface area contributed by atoms with Gasteiger partial charge >= 0.3 is 0 Å². The number of hydrogen-bond donors (Lipinski definition) is 1. The molecule has 0 saturated heterocycles. The van der Waals surface area contributed by atoms with Gasteiger partial charge in [0, 0.05) is 17.8 Å². The Labute approximate surface area is 109 Å². The van der Waals surface area contributed by atoms with E-state index in [0.717, 1.165) is 35.9 Å². The quantitative estimate of drug-likeness (QED) is 0.606. The normalized spacial score (nSPS) is 22.1. The standard InChI is InChI=1S/C16H21NO/c1-2-14-4-3-5-15(14)10-11-17-16-8-6-13(12-18)7-9-16/h3-4,6-9,12,14-15,17H,2,5,10-11H2,1H3. The Hall–Kier alpha value is -1.57. The fraction of sp³-hybridized carbons (Fsp3) is 0.438. The Balaban J connectivity index is 1.76. The number of benzene rings is 1. The largest absolute Gasteiger partial charge is 0.385 e. The van der Waals surface area contributed by atoms with Crippen LogP contribution in [0.25, 0.3) is 0 Å². The van der Waals surface area contributed by atoms with Crippen molar-refractivity contribution in [1.82, 2.24) is 0 Å². The highest BCUT2D eigenvalue weighted by Crippen LogP contribution is 2.30. The lowest BCUT2D eigenvalue weighted by atomic mass is 9.90. The smallest absolute Gasteiger partial charge is 0.150 e. The number of allylic oxidation sites excluding steroid dienone is 2. The second-order valence-corrected chi connectivity index (χ2v) is 4.95. The highest BCUT2D eigenvalue weighted by Gasteiger charge is 2.20. The third-order valence-corrected chi connectivity index (χ3v) is 3.79. The van der Waals surface area contributed by atoms with Crippen LogP contribution in [0.15, 0.2) is 36.4 Å². The average molecular weight is 243 g/mol. The van der Waals surface area contributed by atoms with Crippen LogP contribution in [0, 0.1) is 11.8 Å². The maximum atomic E-state index is 10.5. The molecule has 18 heavy (non-hydrogen) atoms. The summed E-state index contributed by atoms with van der Waals surface area (Å²) in [4.78, 5) is 10.5. The summed E-state index contributed by atoms with van der Waals surface area (Å²) < 4.78 is 0. The molecule has 1 aromatic rings. The molecule has 0 amide bonds. The van der Waals surface area contributed by atoms with Gasteiger partial charge < -0.3 is 5.32 Å². The molecule has 96 valence electrons. The zero-order valence-corrected chi connectivity index (χ0v) is 10.9. The van der Waals surface area contributed by atoms with Crippen LogP contribution >= 0.6 is 0 Å². The summed E-state index contributed by atoms with van der Waals surface area (Å²) in [6.07, 6.45) is 9.24. The predicted octanol–water partition coefficient (Wildman–Crippen LogP) is 3.90. The van der Waals surface area contributed by atoms with Gasteiger partial charge in [-0.05, 0) is 55.4 Å². The monoisotopic (exact) mass is 243 g/mol. The van der Waals surface area contributed by atoms with Crippen LogP contribution < -0.4 is 5.32 Å². The fourth-order valence-corrected chi connectivity index (χ4v) is 2.64. The number of rotatable bonds is 6. The van der Waals surface area contributed by atoms with E-state index in [1.807, 2.05) is 24.3 Å². The maximum Gasteiger partial charge on any atom is 0.150 e. The van der Waals surface area contributed by atoms with Crippen LogP contribution in [0.5, 0.6) is 0 Å². The van der Waals surface area contributed by atoms with E-state index in [-0.39, 0.29) is 0 Å². The molecular weight excluding hydrogens is 222 g/mol. The summed E-state index contributed by atoms with van der Waals surface area (Å²) >= 11 is 0. The van der Waals surface area contributed by atoms with Crippen LogP contribution in [0.2, 0.25) is 0 Å². The van der Waals surface area contributed by atoms with E-state index in [1.54, 1.807) is 0 Å². The zero-order chi connectivity index (χ0) is 12.8. The van der Waals surface area contributed by atoms with E-state index in [4.69, 9.17) is 0 Å². The molecule has 1 aromatic carbocycles. The SMILES string of the molecule is CCC1C=CCC1CCNc1ccc(C=O)cc1. The van der Waals surface area contributed by atoms with Gasteiger partial charge in [0.15, 0.2) is 0 Å². The molecular formula is C16H21NO. The van der Waals surface area contributed by atoms with Crippen molar-refractivity contribution in [2.24, 2.45) is 11.8 Å². The van der Waals surface area contributed by atoms with E-state index in [9.17, 15) is 4.79 Å². The van der Waals surface area contributed by atoms with Crippen molar-refractivity contribution in [3.05, 3.63) is 42.0 Å². The van der Waals surface area contributed by atoms with Gasteiger partial charge in [-0.25, -0.2) is 0 Å². The molecule has 1 N–H and O–H groups in total. The molecule has 0 aliphatic heterocycles. The van der Waals surface area contributed by atoms with Crippen LogP contribution in [-0.2, 0) is 0 Å². The lowest BCUT2D eigenvalue weighted by Crippen LogP contribution is -2.13. The first-order valence-electron chi connectivity index (χ1n) is 6.79. The topological polar surface area (TPSA) is 29.1 Å². The van der Waals surface area contributed by atoms with E-state index < -0.39 is 0 Å². The van der Waals surface area contributed by atoms with Gasteiger partial charge in [-0.15, -0.1) is 0 Å². The highest BCUT2D eigenvalue weighted by molar-refractivity contribution is 5.75. The lowest BCUT2D eigenvalue weighted by Gasteiger charge is -2.18. The van der Waals surface area contributed by atoms with Crippen molar-refractivity contribution in [3.63, 3.8) is 0 Å². The Morgan fingerprint density at radius 2 is 2.11 bits per heavy atom. The molecule has 0 spiro atoms. The van der Waals surface area contributed by atoms with Gasteiger partial charge in [-0.3, -0.25) is 4.79 Å². The van der Waals surface area contributed by atoms with Crippen LogP contribution in [-0.4, -0.2) is 12.8 Å². The number of nitrogens with one attached hydrogen (secondary N) is 1. The van der Waals surface area contributed by atoms with E-state index in [1.165, 1.54) is 19.3 Å². The first kappa shape index (κ1) is 12.9. The summed E-state index contributed by atoms with van der Waals surface area (Å²) in [5, 5.41) is 3.42. The van der Waals surface area contributed by atoms with Crippen molar-refractivity contribution in [1.29, 1.82) is 0 Å². The summed E-state index contributed by atoms with van der Waals surface area (Å²) in [7, 11) is 0. The molecule has 1 aliphatic carbocycles. The molecule has 0 radical (unpaired) electrons. The molecule has 0 aromatic heterocycles. The Morgan fingerprint density at radius 3 is 2.78 bits per heavy atom. The molecule has 2 nitrogen and oxygen atoms in total. The Kier molecular flexibility index (Phi) is 4.57. The van der Waals surface area contributed by atoms with Gasteiger partial charge in [-0.2, -0.15) is 0 Å². The Bertz CT molecular complexity index is 408. The van der Waals surface area contributed by atoms with Crippen LogP contribution in [0.1, 0.15) is 36.5 Å². The minimum absolute atomic E-state index is 0.728. The van der Waals surface area contributed by atoms with E-state index in [0.29, 0.717) is 0 Å². The maximum absolute atomic E-state index is 10.5. The van der Waals surface area contributed by atoms with E-state index >= 15 is 0 Å². The number of hydrogen-bond acceptors (Lipinski definition) is 2. The Morgan fingerprint density at radius 1 is 1.33 bits per heavy atom. The molecule has 0 bridgehead atoms. The van der Waals surface area contributed by atoms with Crippen LogP contribution in [0.3, 0.4) is 0 Å². The second-order valence-electron chi connectivity index (χ2n) is 4.95. The van der Waals surface area contributed by atoms with Crippen molar-refractivity contribution in [2.45, 2.75) is 26.2 Å². The summed E-state index contributed by atoms with van der Waals surface area (Å²) in [5.41, 5.74) is 1.83. The van der Waals surface area contributed by atoms with Crippen molar-refractivity contribution < 1.29 is 4.79 Å². The third-order valence-electron chi connectivity index (χ3n) is 3.79. The van der Waals surface area contributed by atoms with E-state index in [2.05, 4.69) is 24.4 Å². The number of anilines is 1. The molecule has 0 heterocycles. The lowest BCUT2D eigenvalue weighted by molar-refractivity contribution is 0.112. The average Bonchev–Trinajstić information content (AvgIpc) is 2.87. The number of aldehydes is 1. The molecule has 2 atom stereocenters. The minimum Gasteiger partial charge on any atom is -0.385 e. The number of carbonyl (C=O) groups is 1. The summed E-state index contributed by atoms with van der Waals surface area (Å²) in [6.45, 7) is 3.27. The molecule has 0 saturated carbocycles. The molecule has 0 fully saturated rings. The zero-order valence-electron chi connectivity index (χ0n) is 10.9. The molecule has 2 unspecified atom stereocenters. The number of carbonyl (C=O) groups excluding carboxylic acids is 1. The van der Waals surface area contributed by atoms with Crippen molar-refractivity contribution >= 4 is 12.0 Å². The van der Waals surface area contributed by atoms with Crippen molar-refractivity contribution in [2.75, 3.05) is 11.9 Å². The second kappa shape index (κ2) is 6.39. The van der Waals surface area contributed by atoms with Crippen molar-refractivity contribution in [3.8, 4) is 0 Å². The van der Waals surface area contributed by atoms with Gasteiger partial charge in [-0.1, -0.05) is 19.1 Å². The first-order chi connectivity index (χ1) is 8.83. The fourth-order valence-electron chi connectivity index (χ4n) is 2.64. The van der Waals surface area contributed by atoms with Gasteiger partial charge in [0.1, 0.15) is 6.29 Å². The molecule has 2 heteroatoms. The third kappa shape index (κ3) is 3.22. The molecule has 1 aliphatic rings. The van der Waals surface area contributed by atoms with Gasteiger partial charge in [0.25, 0.3) is 0 Å². The first-order valence-corrected chi connectivity index (χ1v) is 6.79. The minimum atomic E-state index is 0.728. The summed E-state index contributed by atoms with van der Waals surface area (Å²) in [5.74, 6) is 1.57. The summed E-state index contributed by atoms with van der Waals surface area (Å²) in [6, 6.07) is 7.63. The predicted molar refractivity (Wildman–Crippen MR) is 76.0 cm³/mol.